The average molecular weight is 695 g/mol. The largest absolute Gasteiger partial charge is 0.208 e. The Hall–Kier alpha value is -6.18. The van der Waals surface area contributed by atoms with E-state index in [2.05, 4.69) is 78.9 Å². The Kier molecular flexibility index (Phi) is 7.07. The van der Waals surface area contributed by atoms with Crippen LogP contribution in [-0.4, -0.2) is 15.0 Å². The highest BCUT2D eigenvalue weighted by Gasteiger charge is 2.62. The van der Waals surface area contributed by atoms with Gasteiger partial charge in [-0.05, 0) is 101 Å². The first-order valence-electron chi connectivity index (χ1n) is 19.4. The van der Waals surface area contributed by atoms with E-state index >= 15 is 0 Å². The van der Waals surface area contributed by atoms with Gasteiger partial charge in [0.05, 0.1) is 11.6 Å². The first kappa shape index (κ1) is 31.4. The van der Waals surface area contributed by atoms with Crippen molar-refractivity contribution in [2.45, 2.75) is 37.5 Å². The van der Waals surface area contributed by atoms with Gasteiger partial charge in [0.1, 0.15) is 0 Å². The molecule has 4 nitrogen and oxygen atoms in total. The zero-order valence-electron chi connectivity index (χ0n) is 30.0. The normalized spacial score (nSPS) is 22.9. The van der Waals surface area contributed by atoms with Crippen molar-refractivity contribution in [2.24, 2.45) is 23.7 Å². The van der Waals surface area contributed by atoms with E-state index in [1.165, 1.54) is 71.0 Å². The molecule has 7 aromatic rings. The molecule has 4 saturated carbocycles. The van der Waals surface area contributed by atoms with Crippen LogP contribution in [0.3, 0.4) is 0 Å². The first-order valence-corrected chi connectivity index (χ1v) is 19.4. The van der Waals surface area contributed by atoms with Gasteiger partial charge < -0.3 is 0 Å². The Morgan fingerprint density at radius 1 is 0.426 bits per heavy atom. The Morgan fingerprint density at radius 3 is 1.43 bits per heavy atom. The van der Waals surface area contributed by atoms with Crippen molar-refractivity contribution >= 4 is 0 Å². The summed E-state index contributed by atoms with van der Waals surface area (Å²) >= 11 is 0. The third-order valence-electron chi connectivity index (χ3n) is 13.2. The summed E-state index contributed by atoms with van der Waals surface area (Å²) in [7, 11) is 0. The molecule has 0 unspecified atom stereocenters. The van der Waals surface area contributed by atoms with Crippen molar-refractivity contribution < 1.29 is 0 Å². The van der Waals surface area contributed by atoms with E-state index in [1.54, 1.807) is 0 Å². The highest BCUT2D eigenvalue weighted by Crippen LogP contribution is 2.70. The molecular weight excluding hydrogens is 657 g/mol. The number of fused-ring (bicyclic) bond motifs is 3. The molecule has 4 fully saturated rings. The molecule has 0 amide bonds. The van der Waals surface area contributed by atoms with Crippen LogP contribution in [0.4, 0.5) is 0 Å². The maximum Gasteiger partial charge on any atom is 0.164 e. The second-order valence-electron chi connectivity index (χ2n) is 15.9. The third kappa shape index (κ3) is 4.64. The fraction of sp³-hybridized carbons (Fsp3) is 0.200. The van der Waals surface area contributed by atoms with Crippen LogP contribution in [0.5, 0.6) is 0 Å². The first-order chi connectivity index (χ1) is 26.7. The van der Waals surface area contributed by atoms with Gasteiger partial charge >= 0.3 is 0 Å². The van der Waals surface area contributed by atoms with Crippen LogP contribution in [0.15, 0.2) is 146 Å². The Labute approximate surface area is 316 Å². The molecule has 258 valence electrons. The van der Waals surface area contributed by atoms with Crippen LogP contribution in [0.1, 0.15) is 48.8 Å². The number of rotatable bonds is 5. The van der Waals surface area contributed by atoms with Crippen LogP contribution in [0.2, 0.25) is 0 Å². The van der Waals surface area contributed by atoms with Gasteiger partial charge in [-0.1, -0.05) is 140 Å². The maximum absolute atomic E-state index is 10.3. The van der Waals surface area contributed by atoms with Crippen molar-refractivity contribution in [1.29, 1.82) is 5.26 Å². The summed E-state index contributed by atoms with van der Waals surface area (Å²) in [4.78, 5) is 14.9. The minimum Gasteiger partial charge on any atom is -0.208 e. The summed E-state index contributed by atoms with van der Waals surface area (Å²) in [5.41, 5.74) is 13.9. The molecule has 1 spiro atoms. The van der Waals surface area contributed by atoms with Gasteiger partial charge in [-0.2, -0.15) is 5.26 Å². The fourth-order valence-electron chi connectivity index (χ4n) is 11.3. The SMILES string of the molecule is N#Cc1ccccc1-c1cccc2c1-c1c(-c3ccc(-c4nc(-c5ccccc5)nc(-c5ccccc5)n4)cc3)cccc1C21C2CC3CC(C2)CC1C3. The molecule has 4 heteroatoms. The Morgan fingerprint density at radius 2 is 0.870 bits per heavy atom. The smallest absolute Gasteiger partial charge is 0.164 e. The molecule has 0 saturated heterocycles. The van der Waals surface area contributed by atoms with Crippen LogP contribution in [0.25, 0.3) is 67.5 Å². The molecule has 1 heterocycles. The van der Waals surface area contributed by atoms with E-state index in [-0.39, 0.29) is 5.41 Å². The molecule has 54 heavy (non-hydrogen) atoms. The number of aromatic nitrogens is 3. The van der Waals surface area contributed by atoms with Gasteiger partial charge in [0.15, 0.2) is 17.5 Å². The predicted octanol–water partition coefficient (Wildman–Crippen LogP) is 11.8. The molecule has 6 aromatic carbocycles. The van der Waals surface area contributed by atoms with Crippen molar-refractivity contribution in [3.8, 4) is 73.6 Å². The number of nitriles is 1. The zero-order chi connectivity index (χ0) is 35.8. The van der Waals surface area contributed by atoms with E-state index < -0.39 is 0 Å². The van der Waals surface area contributed by atoms with Crippen LogP contribution < -0.4 is 0 Å². The highest BCUT2D eigenvalue weighted by atomic mass is 15.0. The van der Waals surface area contributed by atoms with E-state index in [9.17, 15) is 5.26 Å². The highest BCUT2D eigenvalue weighted by molar-refractivity contribution is 6.00. The molecule has 0 radical (unpaired) electrons. The lowest BCUT2D eigenvalue weighted by Crippen LogP contribution is -2.55. The number of benzene rings is 6. The standard InChI is InChI=1S/C50H38N4/c51-30-37-15-7-8-16-40(37)42-18-10-20-44-46(42)45-41(17-9-19-43(45)50(44)38-26-31-25-32(28-38)29-39(50)27-31)33-21-23-36(24-22-33)49-53-47(34-11-3-1-4-12-34)52-48(54-49)35-13-5-2-6-14-35/h1-24,31-32,38-39H,25-29H2. The van der Waals surface area contributed by atoms with Gasteiger partial charge in [-0.15, -0.1) is 0 Å². The summed E-state index contributed by atoms with van der Waals surface area (Å²) in [6, 6.07) is 53.8. The molecule has 4 bridgehead atoms. The fourth-order valence-corrected chi connectivity index (χ4v) is 11.3. The molecular formula is C50H38N4. The molecule has 12 rings (SSSR count). The monoisotopic (exact) mass is 694 g/mol. The summed E-state index contributed by atoms with van der Waals surface area (Å²) in [6.07, 6.45) is 6.72. The second kappa shape index (κ2) is 12.2. The van der Waals surface area contributed by atoms with E-state index in [4.69, 9.17) is 15.0 Å². The van der Waals surface area contributed by atoms with Crippen molar-refractivity contribution in [3.63, 3.8) is 0 Å². The van der Waals surface area contributed by atoms with E-state index in [0.717, 1.165) is 39.7 Å². The summed E-state index contributed by atoms with van der Waals surface area (Å²) in [5, 5.41) is 10.3. The molecule has 5 aliphatic rings. The van der Waals surface area contributed by atoms with Crippen molar-refractivity contribution in [1.82, 2.24) is 15.0 Å². The van der Waals surface area contributed by atoms with Crippen molar-refractivity contribution in [3.05, 3.63) is 162 Å². The zero-order valence-corrected chi connectivity index (χ0v) is 30.0. The Balaban J connectivity index is 1.09. The molecule has 0 atom stereocenters. The molecule has 5 aliphatic carbocycles. The third-order valence-corrected chi connectivity index (χ3v) is 13.2. The maximum atomic E-state index is 10.3. The Bertz CT molecular complexity index is 2530. The van der Waals surface area contributed by atoms with Gasteiger partial charge in [0.25, 0.3) is 0 Å². The van der Waals surface area contributed by atoms with Gasteiger partial charge in [-0.25, -0.2) is 15.0 Å². The lowest BCUT2D eigenvalue weighted by molar-refractivity contribution is -0.0399. The summed E-state index contributed by atoms with van der Waals surface area (Å²) in [5.74, 6) is 5.00. The quantitative estimate of drug-likeness (QED) is 0.180. The second-order valence-corrected chi connectivity index (χ2v) is 15.9. The molecule has 1 aromatic heterocycles. The lowest BCUT2D eigenvalue weighted by atomic mass is 9.43. The lowest BCUT2D eigenvalue weighted by Gasteiger charge is -2.61. The predicted molar refractivity (Wildman–Crippen MR) is 215 cm³/mol. The van der Waals surface area contributed by atoms with E-state index in [0.29, 0.717) is 29.3 Å². The van der Waals surface area contributed by atoms with Crippen molar-refractivity contribution in [2.75, 3.05) is 0 Å². The summed E-state index contributed by atoms with van der Waals surface area (Å²) in [6.45, 7) is 0. The molecule has 0 N–H and O–H groups in total. The van der Waals surface area contributed by atoms with E-state index in [1.807, 2.05) is 72.8 Å². The van der Waals surface area contributed by atoms with Crippen LogP contribution >= 0.6 is 0 Å². The van der Waals surface area contributed by atoms with Gasteiger partial charge in [0.2, 0.25) is 0 Å². The minimum atomic E-state index is 0.0121. The topological polar surface area (TPSA) is 62.5 Å². The van der Waals surface area contributed by atoms with Crippen LogP contribution in [-0.2, 0) is 5.41 Å². The van der Waals surface area contributed by atoms with Crippen LogP contribution in [0, 0.1) is 35.0 Å². The summed E-state index contributed by atoms with van der Waals surface area (Å²) < 4.78 is 0. The average Bonchev–Trinajstić information content (AvgIpc) is 3.54. The van der Waals surface area contributed by atoms with Gasteiger partial charge in [0, 0.05) is 27.7 Å². The van der Waals surface area contributed by atoms with Gasteiger partial charge in [-0.3, -0.25) is 0 Å². The number of nitrogens with zero attached hydrogens (tertiary/aromatic N) is 4. The molecule has 0 aliphatic heterocycles. The minimum absolute atomic E-state index is 0.0121. The number of hydrogen-bond acceptors (Lipinski definition) is 4. The number of hydrogen-bond donors (Lipinski definition) is 0.